The van der Waals surface area contributed by atoms with Crippen LogP contribution in [0, 0.1) is 0 Å². The predicted octanol–water partition coefficient (Wildman–Crippen LogP) is 1.98. The summed E-state index contributed by atoms with van der Waals surface area (Å²) in [5.74, 6) is -1.71. The molecular formula is C13H15N3O4S. The minimum Gasteiger partial charge on any atom is -0.481 e. The summed E-state index contributed by atoms with van der Waals surface area (Å²) >= 11 is 1.53. The van der Waals surface area contributed by atoms with E-state index < -0.39 is 18.0 Å². The summed E-state index contributed by atoms with van der Waals surface area (Å²) in [6.07, 6.45) is 2.00. The van der Waals surface area contributed by atoms with Crippen molar-refractivity contribution in [3.63, 3.8) is 0 Å². The zero-order valence-electron chi connectivity index (χ0n) is 11.4. The molecule has 8 heteroatoms. The normalized spacial score (nSPS) is 12.2. The van der Waals surface area contributed by atoms with Gasteiger partial charge in [0.25, 0.3) is 0 Å². The van der Waals surface area contributed by atoms with Crippen LogP contribution in [0.3, 0.4) is 0 Å². The Balaban J connectivity index is 2.25. The Morgan fingerprint density at radius 2 is 2.14 bits per heavy atom. The molecule has 0 saturated carbocycles. The largest absolute Gasteiger partial charge is 0.481 e. The van der Waals surface area contributed by atoms with Crippen LogP contribution in [0.25, 0.3) is 10.2 Å². The van der Waals surface area contributed by atoms with Crippen LogP contribution in [-0.2, 0) is 16.0 Å². The Hall–Kier alpha value is -2.22. The van der Waals surface area contributed by atoms with E-state index in [1.54, 1.807) is 0 Å². The number of aromatic nitrogens is 2. The molecule has 2 aromatic heterocycles. The molecule has 21 heavy (non-hydrogen) atoms. The maximum atomic E-state index is 11.2. The Morgan fingerprint density at radius 1 is 1.38 bits per heavy atom. The summed E-state index contributed by atoms with van der Waals surface area (Å²) in [5, 5.41) is 21.4. The molecule has 2 aromatic rings. The number of nitrogens with zero attached hydrogens (tertiary/aromatic N) is 2. The van der Waals surface area contributed by atoms with Gasteiger partial charge in [-0.25, -0.2) is 14.8 Å². The molecule has 0 aromatic carbocycles. The number of aryl methyl sites for hydroxylation is 1. The molecule has 0 aliphatic heterocycles. The second-order valence-corrected chi connectivity index (χ2v) is 5.59. The standard InChI is InChI=1S/C13H15N3O4S/c1-2-7-5-8-11(14-6-15-12(8)21-7)16-9(13(19)20)3-4-10(17)18/h5-6,9H,2-4H2,1H3,(H,17,18)(H,19,20)(H,14,15,16). The molecule has 3 N–H and O–H groups in total. The summed E-state index contributed by atoms with van der Waals surface area (Å²) in [6, 6.07) is 0.933. The van der Waals surface area contributed by atoms with Gasteiger partial charge in [-0.3, -0.25) is 4.79 Å². The minimum atomic E-state index is -1.10. The van der Waals surface area contributed by atoms with Crippen LogP contribution >= 0.6 is 11.3 Å². The number of anilines is 1. The van der Waals surface area contributed by atoms with Crippen LogP contribution in [-0.4, -0.2) is 38.2 Å². The monoisotopic (exact) mass is 309 g/mol. The van der Waals surface area contributed by atoms with Crippen LogP contribution in [0.1, 0.15) is 24.6 Å². The number of nitrogens with one attached hydrogen (secondary N) is 1. The van der Waals surface area contributed by atoms with E-state index in [2.05, 4.69) is 15.3 Å². The first-order chi connectivity index (χ1) is 10.0. The second-order valence-electron chi connectivity index (χ2n) is 4.47. The number of carboxylic acid groups (broad SMARTS) is 2. The van der Waals surface area contributed by atoms with Crippen LogP contribution in [0.4, 0.5) is 5.82 Å². The van der Waals surface area contributed by atoms with Gasteiger partial charge in [0.2, 0.25) is 0 Å². The Bertz CT molecular complexity index is 670. The maximum absolute atomic E-state index is 11.2. The van der Waals surface area contributed by atoms with Crippen molar-refractivity contribution in [2.24, 2.45) is 0 Å². The van der Waals surface area contributed by atoms with E-state index in [-0.39, 0.29) is 12.8 Å². The van der Waals surface area contributed by atoms with E-state index >= 15 is 0 Å². The van der Waals surface area contributed by atoms with Gasteiger partial charge in [0.05, 0.1) is 5.39 Å². The number of aliphatic carboxylic acids is 2. The van der Waals surface area contributed by atoms with Crippen molar-refractivity contribution >= 4 is 39.3 Å². The van der Waals surface area contributed by atoms with Crippen molar-refractivity contribution in [2.45, 2.75) is 32.2 Å². The number of thiophene rings is 1. The van der Waals surface area contributed by atoms with Gasteiger partial charge in [-0.05, 0) is 18.9 Å². The van der Waals surface area contributed by atoms with E-state index in [9.17, 15) is 14.7 Å². The van der Waals surface area contributed by atoms with E-state index in [4.69, 9.17) is 5.11 Å². The number of rotatable bonds is 7. The smallest absolute Gasteiger partial charge is 0.326 e. The molecule has 0 saturated heterocycles. The highest BCUT2D eigenvalue weighted by molar-refractivity contribution is 7.18. The highest BCUT2D eigenvalue weighted by Gasteiger charge is 2.20. The fraction of sp³-hybridized carbons (Fsp3) is 0.385. The lowest BCUT2D eigenvalue weighted by Crippen LogP contribution is -2.30. The molecule has 2 heterocycles. The van der Waals surface area contributed by atoms with E-state index in [0.29, 0.717) is 5.82 Å². The van der Waals surface area contributed by atoms with Crippen LogP contribution in [0.5, 0.6) is 0 Å². The molecular weight excluding hydrogens is 294 g/mol. The van der Waals surface area contributed by atoms with Crippen LogP contribution in [0.2, 0.25) is 0 Å². The summed E-state index contributed by atoms with van der Waals surface area (Å²) in [6.45, 7) is 2.03. The third kappa shape index (κ3) is 3.66. The topological polar surface area (TPSA) is 112 Å². The quantitative estimate of drug-likeness (QED) is 0.716. The number of hydrogen-bond donors (Lipinski definition) is 3. The number of carbonyl (C=O) groups is 2. The van der Waals surface area contributed by atoms with Crippen molar-refractivity contribution in [3.8, 4) is 0 Å². The molecule has 0 radical (unpaired) electrons. The average molecular weight is 309 g/mol. The van der Waals surface area contributed by atoms with E-state index in [0.717, 1.165) is 21.5 Å². The molecule has 0 fully saturated rings. The summed E-state index contributed by atoms with van der Waals surface area (Å²) < 4.78 is 0. The highest BCUT2D eigenvalue weighted by atomic mass is 32.1. The number of hydrogen-bond acceptors (Lipinski definition) is 6. The molecule has 2 rings (SSSR count). The SMILES string of the molecule is CCc1cc2c(NC(CCC(=O)O)C(=O)O)ncnc2s1. The molecule has 112 valence electrons. The maximum Gasteiger partial charge on any atom is 0.326 e. The molecule has 0 amide bonds. The predicted molar refractivity (Wildman–Crippen MR) is 78.7 cm³/mol. The summed E-state index contributed by atoms with van der Waals surface area (Å²) in [7, 11) is 0. The van der Waals surface area contributed by atoms with Gasteiger partial charge in [-0.2, -0.15) is 0 Å². The molecule has 0 bridgehead atoms. The zero-order chi connectivity index (χ0) is 15.4. The molecule has 1 unspecified atom stereocenters. The van der Waals surface area contributed by atoms with Gasteiger partial charge in [-0.15, -0.1) is 11.3 Å². The molecule has 0 spiro atoms. The van der Waals surface area contributed by atoms with Gasteiger partial charge in [0, 0.05) is 11.3 Å². The fourth-order valence-electron chi connectivity index (χ4n) is 1.88. The lowest BCUT2D eigenvalue weighted by molar-refractivity contribution is -0.139. The molecule has 0 aliphatic carbocycles. The van der Waals surface area contributed by atoms with Crippen molar-refractivity contribution in [1.29, 1.82) is 0 Å². The Kier molecular flexibility index (Phi) is 4.69. The molecule has 0 aliphatic rings. The van der Waals surface area contributed by atoms with Crippen molar-refractivity contribution in [2.75, 3.05) is 5.32 Å². The van der Waals surface area contributed by atoms with E-state index in [1.165, 1.54) is 17.7 Å². The molecule has 7 nitrogen and oxygen atoms in total. The first kappa shape index (κ1) is 15.2. The van der Waals surface area contributed by atoms with Gasteiger partial charge in [0.1, 0.15) is 23.0 Å². The van der Waals surface area contributed by atoms with Crippen molar-refractivity contribution < 1.29 is 19.8 Å². The van der Waals surface area contributed by atoms with E-state index in [1.807, 2.05) is 13.0 Å². The van der Waals surface area contributed by atoms with Crippen molar-refractivity contribution in [1.82, 2.24) is 9.97 Å². The number of carboxylic acids is 2. The highest BCUT2D eigenvalue weighted by Crippen LogP contribution is 2.29. The molecule has 1 atom stereocenters. The fourth-order valence-corrected chi connectivity index (χ4v) is 2.82. The summed E-state index contributed by atoms with van der Waals surface area (Å²) in [5.41, 5.74) is 0. The minimum absolute atomic E-state index is 0.0130. The van der Waals surface area contributed by atoms with Gasteiger partial charge in [0.15, 0.2) is 0 Å². The average Bonchev–Trinajstić information content (AvgIpc) is 2.86. The van der Waals surface area contributed by atoms with Gasteiger partial charge in [-0.1, -0.05) is 6.92 Å². The van der Waals surface area contributed by atoms with Gasteiger partial charge >= 0.3 is 11.9 Å². The third-order valence-electron chi connectivity index (χ3n) is 2.98. The third-order valence-corrected chi connectivity index (χ3v) is 4.17. The van der Waals surface area contributed by atoms with Crippen molar-refractivity contribution in [3.05, 3.63) is 17.3 Å². The Morgan fingerprint density at radius 3 is 2.76 bits per heavy atom. The Labute approximate surface area is 124 Å². The van der Waals surface area contributed by atoms with Crippen LogP contribution in [0.15, 0.2) is 12.4 Å². The zero-order valence-corrected chi connectivity index (χ0v) is 12.2. The second kappa shape index (κ2) is 6.49. The van der Waals surface area contributed by atoms with Crippen LogP contribution < -0.4 is 5.32 Å². The van der Waals surface area contributed by atoms with Gasteiger partial charge < -0.3 is 15.5 Å². The first-order valence-electron chi connectivity index (χ1n) is 6.45. The first-order valence-corrected chi connectivity index (χ1v) is 7.27. The lowest BCUT2D eigenvalue weighted by Gasteiger charge is -2.14. The summed E-state index contributed by atoms with van der Waals surface area (Å²) in [4.78, 5) is 32.0. The number of fused-ring (bicyclic) bond motifs is 1. The lowest BCUT2D eigenvalue weighted by atomic mass is 10.1.